The lowest BCUT2D eigenvalue weighted by atomic mass is 9.74. The van der Waals surface area contributed by atoms with Crippen LogP contribution in [-0.4, -0.2) is 80.4 Å². The van der Waals surface area contributed by atoms with Gasteiger partial charge in [0, 0.05) is 30.1 Å². The molecule has 4 heterocycles. The number of hydrogen-bond donors (Lipinski definition) is 1. The Balaban J connectivity index is 1.71. The number of thioether (sulfide) groups is 1. The van der Waals surface area contributed by atoms with Crippen LogP contribution in [0.3, 0.4) is 0 Å². The molecule has 4 aliphatic rings. The van der Waals surface area contributed by atoms with E-state index in [4.69, 9.17) is 0 Å². The van der Waals surface area contributed by atoms with Gasteiger partial charge >= 0.3 is 0 Å². The van der Waals surface area contributed by atoms with Crippen molar-refractivity contribution in [3.63, 3.8) is 0 Å². The van der Waals surface area contributed by atoms with Gasteiger partial charge in [0.2, 0.25) is 11.8 Å². The fraction of sp³-hybridized carbons (Fsp3) is 0.594. The molecule has 2 saturated heterocycles. The Bertz CT molecular complexity index is 1240. The van der Waals surface area contributed by atoms with E-state index in [0.29, 0.717) is 19.6 Å². The van der Waals surface area contributed by atoms with Crippen molar-refractivity contribution in [1.82, 2.24) is 9.80 Å². The minimum Gasteiger partial charge on any atom is -0.394 e. The lowest BCUT2D eigenvalue weighted by molar-refractivity contribution is -0.146. The van der Waals surface area contributed by atoms with Crippen LogP contribution in [0.5, 0.6) is 0 Å². The Morgan fingerprint density at radius 2 is 1.68 bits per heavy atom. The van der Waals surface area contributed by atoms with Crippen LogP contribution < -0.4 is 4.90 Å². The number of rotatable bonds is 7. The number of benzene rings is 1. The Hall–Kier alpha value is -2.58. The number of likely N-dealkylation sites (tertiary alicyclic amines) is 1. The molecule has 1 aromatic carbocycles. The van der Waals surface area contributed by atoms with E-state index in [9.17, 15) is 19.5 Å². The SMILES string of the molecule is CCCN1CC=C[C@@]2(C)S[C@]34C=CCN(c5c(C)cccc5C)C(=O)C3N([C@@H](CO)[C@@H](C)CC)C(=O)[C@@H]4[C@H]2C1=O. The molecule has 216 valence electrons. The summed E-state index contributed by atoms with van der Waals surface area (Å²) in [5, 5.41) is 10.6. The second-order valence-electron chi connectivity index (χ2n) is 12.2. The van der Waals surface area contributed by atoms with Gasteiger partial charge in [0.15, 0.2) is 0 Å². The van der Waals surface area contributed by atoms with E-state index >= 15 is 0 Å². The molecule has 3 amide bonds. The zero-order chi connectivity index (χ0) is 29.0. The van der Waals surface area contributed by atoms with Gasteiger partial charge in [-0.1, -0.05) is 69.7 Å². The lowest BCUT2D eigenvalue weighted by Gasteiger charge is -2.41. The third-order valence-electron chi connectivity index (χ3n) is 9.63. The first kappa shape index (κ1) is 28.9. The van der Waals surface area contributed by atoms with Gasteiger partial charge in [-0.2, -0.15) is 0 Å². The van der Waals surface area contributed by atoms with E-state index in [1.54, 1.807) is 16.7 Å². The number of fused-ring (bicyclic) bond motifs is 2. The first-order chi connectivity index (χ1) is 19.1. The van der Waals surface area contributed by atoms with Gasteiger partial charge in [-0.3, -0.25) is 14.4 Å². The lowest BCUT2D eigenvalue weighted by Crippen LogP contribution is -2.58. The highest BCUT2D eigenvalue weighted by Crippen LogP contribution is 2.66. The van der Waals surface area contributed by atoms with Gasteiger partial charge in [-0.05, 0) is 44.2 Å². The fourth-order valence-corrected chi connectivity index (χ4v) is 9.73. The number of hydrogen-bond acceptors (Lipinski definition) is 5. The average molecular weight is 566 g/mol. The van der Waals surface area contributed by atoms with E-state index in [2.05, 4.69) is 32.1 Å². The Labute approximate surface area is 242 Å². The van der Waals surface area contributed by atoms with Crippen LogP contribution in [-0.2, 0) is 14.4 Å². The standard InChI is InChI=1S/C32H43N3O4S/c1-7-16-33-17-10-14-31(6)24(28(33)37)25-29(38)35(23(19-36)20(3)8-2)27-30(39)34(18-11-15-32(25,27)40-31)26-21(4)12-9-13-22(26)5/h9-15,20,23-25,27,36H,7-8,16-19H2,1-6H3/t20-,23-,24-,25-,27?,31+,32-/m0/s1. The highest BCUT2D eigenvalue weighted by Gasteiger charge is 2.74. The highest BCUT2D eigenvalue weighted by atomic mass is 32.2. The predicted molar refractivity (Wildman–Crippen MR) is 160 cm³/mol. The topological polar surface area (TPSA) is 81.2 Å². The zero-order valence-electron chi connectivity index (χ0n) is 24.6. The molecular formula is C32H43N3O4S. The van der Waals surface area contributed by atoms with E-state index in [1.165, 1.54) is 0 Å². The smallest absolute Gasteiger partial charge is 0.251 e. The molecule has 8 heteroatoms. The molecule has 7 atom stereocenters. The molecule has 0 bridgehead atoms. The maximum absolute atomic E-state index is 14.9. The highest BCUT2D eigenvalue weighted by molar-refractivity contribution is 8.02. The Kier molecular flexibility index (Phi) is 7.72. The molecule has 0 aromatic heterocycles. The number of aryl methyl sites for hydroxylation is 2. The normalized spacial score (nSPS) is 33.0. The molecule has 40 heavy (non-hydrogen) atoms. The number of anilines is 1. The van der Waals surface area contributed by atoms with Gasteiger partial charge < -0.3 is 19.8 Å². The molecular weight excluding hydrogens is 522 g/mol. The van der Waals surface area contributed by atoms with Crippen molar-refractivity contribution in [3.05, 3.63) is 53.6 Å². The predicted octanol–water partition coefficient (Wildman–Crippen LogP) is 4.11. The summed E-state index contributed by atoms with van der Waals surface area (Å²) in [6, 6.07) is 4.65. The van der Waals surface area contributed by atoms with E-state index in [0.717, 1.165) is 29.7 Å². The fourth-order valence-electron chi connectivity index (χ4n) is 7.59. The van der Waals surface area contributed by atoms with E-state index in [-0.39, 0.29) is 30.2 Å². The molecule has 5 rings (SSSR count). The number of carbonyl (C=O) groups is 3. The first-order valence-electron chi connectivity index (χ1n) is 14.7. The number of aliphatic hydroxyl groups is 1. The zero-order valence-corrected chi connectivity index (χ0v) is 25.4. The van der Waals surface area contributed by atoms with Crippen molar-refractivity contribution < 1.29 is 19.5 Å². The second kappa shape index (κ2) is 10.7. The molecule has 1 N–H and O–H groups in total. The van der Waals surface area contributed by atoms with Gasteiger partial charge in [0.1, 0.15) is 6.04 Å². The number of nitrogens with zero attached hydrogens (tertiary/aromatic N) is 3. The molecule has 1 aromatic rings. The Morgan fingerprint density at radius 1 is 1.00 bits per heavy atom. The quantitative estimate of drug-likeness (QED) is 0.504. The monoisotopic (exact) mass is 565 g/mol. The van der Waals surface area contributed by atoms with Crippen molar-refractivity contribution >= 4 is 35.2 Å². The van der Waals surface area contributed by atoms with Crippen LogP contribution in [0.25, 0.3) is 0 Å². The van der Waals surface area contributed by atoms with Crippen molar-refractivity contribution in [2.75, 3.05) is 31.1 Å². The van der Waals surface area contributed by atoms with Crippen molar-refractivity contribution in [3.8, 4) is 0 Å². The van der Waals surface area contributed by atoms with Crippen molar-refractivity contribution in [2.45, 2.75) is 76.0 Å². The molecule has 0 radical (unpaired) electrons. The van der Waals surface area contributed by atoms with Crippen LogP contribution in [0.1, 0.15) is 51.7 Å². The minimum absolute atomic E-state index is 0.0153. The molecule has 1 unspecified atom stereocenters. The average Bonchev–Trinajstić information content (AvgIpc) is 3.19. The van der Waals surface area contributed by atoms with Crippen LogP contribution in [0.15, 0.2) is 42.5 Å². The number of aliphatic hydroxyl groups excluding tert-OH is 1. The van der Waals surface area contributed by atoms with E-state index in [1.807, 2.05) is 61.8 Å². The summed E-state index contributed by atoms with van der Waals surface area (Å²) in [6.45, 7) is 13.5. The maximum atomic E-state index is 14.9. The number of carbonyl (C=O) groups excluding carboxylic acids is 3. The summed E-state index contributed by atoms with van der Waals surface area (Å²) in [4.78, 5) is 49.1. The molecule has 0 aliphatic carbocycles. The van der Waals surface area contributed by atoms with Crippen molar-refractivity contribution in [1.29, 1.82) is 0 Å². The third-order valence-corrected chi connectivity index (χ3v) is 11.4. The van der Waals surface area contributed by atoms with Crippen LogP contribution in [0.2, 0.25) is 0 Å². The molecule has 0 saturated carbocycles. The summed E-state index contributed by atoms with van der Waals surface area (Å²) in [5.41, 5.74) is 2.85. The number of para-hydroxylation sites is 1. The minimum atomic E-state index is -0.922. The largest absolute Gasteiger partial charge is 0.394 e. The summed E-state index contributed by atoms with van der Waals surface area (Å²) < 4.78 is -1.55. The summed E-state index contributed by atoms with van der Waals surface area (Å²) in [5.74, 6) is -1.65. The van der Waals surface area contributed by atoms with E-state index < -0.39 is 33.4 Å². The van der Waals surface area contributed by atoms with Gasteiger partial charge in [0.05, 0.1) is 29.2 Å². The molecule has 7 nitrogen and oxygen atoms in total. The second-order valence-corrected chi connectivity index (χ2v) is 13.9. The third kappa shape index (κ3) is 4.16. The van der Waals surface area contributed by atoms with Crippen molar-refractivity contribution in [2.24, 2.45) is 17.8 Å². The van der Waals surface area contributed by atoms with Gasteiger partial charge in [-0.15, -0.1) is 11.8 Å². The van der Waals surface area contributed by atoms with Crippen LogP contribution in [0, 0.1) is 31.6 Å². The summed E-state index contributed by atoms with van der Waals surface area (Å²) >= 11 is 1.60. The Morgan fingerprint density at radius 3 is 2.30 bits per heavy atom. The van der Waals surface area contributed by atoms with Gasteiger partial charge in [0.25, 0.3) is 5.91 Å². The molecule has 2 fully saturated rings. The summed E-state index contributed by atoms with van der Waals surface area (Å²) in [7, 11) is 0. The van der Waals surface area contributed by atoms with Gasteiger partial charge in [-0.25, -0.2) is 0 Å². The van der Waals surface area contributed by atoms with Crippen LogP contribution >= 0.6 is 11.8 Å². The molecule has 4 aliphatic heterocycles. The maximum Gasteiger partial charge on any atom is 0.251 e. The first-order valence-corrected chi connectivity index (χ1v) is 15.5. The summed E-state index contributed by atoms with van der Waals surface area (Å²) in [6.07, 6.45) is 9.82. The number of amides is 3. The molecule has 1 spiro atoms. The van der Waals surface area contributed by atoms with Crippen LogP contribution in [0.4, 0.5) is 5.69 Å².